The maximum atomic E-state index is 12.2. The van der Waals surface area contributed by atoms with Gasteiger partial charge >= 0.3 is 0 Å². The highest BCUT2D eigenvalue weighted by Crippen LogP contribution is 2.18. The quantitative estimate of drug-likeness (QED) is 0.904. The van der Waals surface area contributed by atoms with Gasteiger partial charge in [0, 0.05) is 19.7 Å². The third-order valence-corrected chi connectivity index (χ3v) is 3.20. The van der Waals surface area contributed by atoms with E-state index >= 15 is 0 Å². The van der Waals surface area contributed by atoms with Crippen LogP contribution in [0.1, 0.15) is 36.4 Å². The highest BCUT2D eigenvalue weighted by molar-refractivity contribution is 5.94. The molecule has 0 spiro atoms. The Morgan fingerprint density at radius 1 is 1.60 bits per heavy atom. The number of furan rings is 1. The van der Waals surface area contributed by atoms with E-state index in [-0.39, 0.29) is 24.4 Å². The number of rotatable bonds is 5. The van der Waals surface area contributed by atoms with Gasteiger partial charge < -0.3 is 19.8 Å². The van der Waals surface area contributed by atoms with Crippen LogP contribution in [0.5, 0.6) is 0 Å². The number of nitrogens with two attached hydrogens (primary N) is 1. The number of hydrogen-bond donors (Lipinski definition) is 1. The lowest BCUT2D eigenvalue weighted by molar-refractivity contribution is 0.0396. The number of halogens is 1. The molecule has 1 aliphatic rings. The molecule has 0 aliphatic carbocycles. The van der Waals surface area contributed by atoms with Crippen molar-refractivity contribution in [2.45, 2.75) is 32.9 Å². The Morgan fingerprint density at radius 2 is 2.35 bits per heavy atom. The van der Waals surface area contributed by atoms with Gasteiger partial charge in [0.1, 0.15) is 12.0 Å². The van der Waals surface area contributed by atoms with Crippen molar-refractivity contribution in [3.05, 3.63) is 23.7 Å². The molecule has 5 nitrogen and oxygen atoms in total. The lowest BCUT2D eigenvalue weighted by atomic mass is 10.2. The Balaban J connectivity index is 0.00000200. The highest BCUT2D eigenvalue weighted by atomic mass is 35.5. The maximum absolute atomic E-state index is 12.2. The number of ether oxygens (including phenoxy) is 1. The number of nitrogens with zero attached hydrogens (tertiary/aromatic N) is 1. The van der Waals surface area contributed by atoms with Crippen molar-refractivity contribution < 1.29 is 13.9 Å². The van der Waals surface area contributed by atoms with Crippen LogP contribution in [0.3, 0.4) is 0 Å². The number of carbonyl (C=O) groups excluding carboxylic acids is 1. The molecule has 6 heteroatoms. The Labute approximate surface area is 125 Å². The van der Waals surface area contributed by atoms with E-state index in [0.29, 0.717) is 30.3 Å². The lowest BCUT2D eigenvalue weighted by Gasteiger charge is -2.16. The van der Waals surface area contributed by atoms with Gasteiger partial charge in [-0.25, -0.2) is 0 Å². The Morgan fingerprint density at radius 3 is 2.95 bits per heavy atom. The molecule has 2 N–H and O–H groups in total. The zero-order chi connectivity index (χ0) is 13.8. The van der Waals surface area contributed by atoms with E-state index in [4.69, 9.17) is 14.9 Å². The summed E-state index contributed by atoms with van der Waals surface area (Å²) in [5, 5.41) is 0. The van der Waals surface area contributed by atoms with Crippen LogP contribution in [0.25, 0.3) is 0 Å². The summed E-state index contributed by atoms with van der Waals surface area (Å²) in [6, 6.07) is 1.71. The number of carbonyl (C=O) groups is 1. The molecule has 1 fully saturated rings. The van der Waals surface area contributed by atoms with Crippen molar-refractivity contribution in [1.82, 2.24) is 4.90 Å². The number of amides is 1. The molecule has 2 rings (SSSR count). The SMILES string of the molecule is CC(C)COC1CCN(C(=O)c2coc(CN)c2)C1.Cl. The van der Waals surface area contributed by atoms with Crippen LogP contribution in [0.4, 0.5) is 0 Å². The molecule has 20 heavy (non-hydrogen) atoms. The summed E-state index contributed by atoms with van der Waals surface area (Å²) in [6.07, 6.45) is 2.54. The molecule has 2 heterocycles. The second kappa shape index (κ2) is 7.67. The zero-order valence-electron chi connectivity index (χ0n) is 12.0. The molecule has 114 valence electrons. The van der Waals surface area contributed by atoms with Gasteiger partial charge in [-0.3, -0.25) is 4.79 Å². The summed E-state index contributed by atoms with van der Waals surface area (Å²) in [5.74, 6) is 1.15. The minimum Gasteiger partial charge on any atom is -0.467 e. The molecular weight excluding hydrogens is 280 g/mol. The lowest BCUT2D eigenvalue weighted by Crippen LogP contribution is -2.30. The van der Waals surface area contributed by atoms with Crippen molar-refractivity contribution in [2.24, 2.45) is 11.7 Å². The molecule has 1 unspecified atom stereocenters. The molecule has 1 aliphatic heterocycles. The third-order valence-electron chi connectivity index (χ3n) is 3.20. The normalized spacial score (nSPS) is 18.4. The van der Waals surface area contributed by atoms with E-state index in [2.05, 4.69) is 13.8 Å². The first-order chi connectivity index (χ1) is 9.10. The van der Waals surface area contributed by atoms with Gasteiger partial charge in [-0.15, -0.1) is 12.4 Å². The second-order valence-electron chi connectivity index (χ2n) is 5.39. The first-order valence-corrected chi connectivity index (χ1v) is 6.78. The standard InChI is InChI=1S/C14H22N2O3.ClH/c1-10(2)8-18-12-3-4-16(7-12)14(17)11-5-13(6-15)19-9-11;/h5,9-10,12H,3-4,6-8,15H2,1-2H3;1H. The summed E-state index contributed by atoms with van der Waals surface area (Å²) >= 11 is 0. The second-order valence-corrected chi connectivity index (χ2v) is 5.39. The Kier molecular flexibility index (Phi) is 6.52. The molecule has 1 saturated heterocycles. The van der Waals surface area contributed by atoms with Crippen molar-refractivity contribution in [1.29, 1.82) is 0 Å². The number of likely N-dealkylation sites (tertiary alicyclic amines) is 1. The monoisotopic (exact) mass is 302 g/mol. The van der Waals surface area contributed by atoms with E-state index < -0.39 is 0 Å². The highest BCUT2D eigenvalue weighted by Gasteiger charge is 2.28. The molecule has 1 atom stereocenters. The van der Waals surface area contributed by atoms with Gasteiger partial charge in [-0.2, -0.15) is 0 Å². The molecule has 0 bridgehead atoms. The Bertz CT molecular complexity index is 434. The molecule has 0 saturated carbocycles. The molecular formula is C14H23ClN2O3. The van der Waals surface area contributed by atoms with Gasteiger partial charge in [0.2, 0.25) is 0 Å². The first-order valence-electron chi connectivity index (χ1n) is 6.78. The van der Waals surface area contributed by atoms with E-state index in [0.717, 1.165) is 19.6 Å². The molecule has 0 radical (unpaired) electrons. The summed E-state index contributed by atoms with van der Waals surface area (Å²) in [7, 11) is 0. The average Bonchev–Trinajstić information content (AvgIpc) is 3.04. The van der Waals surface area contributed by atoms with Crippen molar-refractivity contribution in [2.75, 3.05) is 19.7 Å². The fourth-order valence-corrected chi connectivity index (χ4v) is 2.16. The van der Waals surface area contributed by atoms with Gasteiger partial charge in [0.25, 0.3) is 5.91 Å². The van der Waals surface area contributed by atoms with Crippen molar-refractivity contribution in [3.8, 4) is 0 Å². The zero-order valence-corrected chi connectivity index (χ0v) is 12.8. The van der Waals surface area contributed by atoms with Gasteiger partial charge in [0.15, 0.2) is 0 Å². The molecule has 0 aromatic carbocycles. The van der Waals surface area contributed by atoms with Crippen LogP contribution in [0.2, 0.25) is 0 Å². The Hall–Kier alpha value is -1.04. The predicted octanol–water partition coefficient (Wildman–Crippen LogP) is 2.05. The fourth-order valence-electron chi connectivity index (χ4n) is 2.16. The topological polar surface area (TPSA) is 68.7 Å². The minimum absolute atomic E-state index is 0. The maximum Gasteiger partial charge on any atom is 0.257 e. The van der Waals surface area contributed by atoms with Crippen LogP contribution in [0, 0.1) is 5.92 Å². The van der Waals surface area contributed by atoms with E-state index in [1.165, 1.54) is 6.26 Å². The van der Waals surface area contributed by atoms with Crippen LogP contribution in [-0.4, -0.2) is 36.6 Å². The molecule has 1 aromatic heterocycles. The van der Waals surface area contributed by atoms with Crippen LogP contribution in [-0.2, 0) is 11.3 Å². The van der Waals surface area contributed by atoms with Gasteiger partial charge in [-0.05, 0) is 18.4 Å². The van der Waals surface area contributed by atoms with Gasteiger partial charge in [0.05, 0.1) is 18.2 Å². The van der Waals surface area contributed by atoms with Crippen molar-refractivity contribution in [3.63, 3.8) is 0 Å². The average molecular weight is 303 g/mol. The summed E-state index contributed by atoms with van der Waals surface area (Å²) < 4.78 is 11.0. The summed E-state index contributed by atoms with van der Waals surface area (Å²) in [4.78, 5) is 14.0. The number of hydrogen-bond acceptors (Lipinski definition) is 4. The summed E-state index contributed by atoms with van der Waals surface area (Å²) in [5.41, 5.74) is 6.04. The first kappa shape index (κ1) is 17.0. The van der Waals surface area contributed by atoms with E-state index in [1.54, 1.807) is 6.07 Å². The summed E-state index contributed by atoms with van der Waals surface area (Å²) in [6.45, 7) is 6.71. The molecule has 1 aromatic rings. The minimum atomic E-state index is -0.000836. The van der Waals surface area contributed by atoms with Crippen LogP contribution >= 0.6 is 12.4 Å². The smallest absolute Gasteiger partial charge is 0.257 e. The fraction of sp³-hybridized carbons (Fsp3) is 0.643. The van der Waals surface area contributed by atoms with E-state index in [1.807, 2.05) is 4.90 Å². The third kappa shape index (κ3) is 4.23. The van der Waals surface area contributed by atoms with Gasteiger partial charge in [-0.1, -0.05) is 13.8 Å². The molecule has 1 amide bonds. The van der Waals surface area contributed by atoms with Crippen LogP contribution < -0.4 is 5.73 Å². The van der Waals surface area contributed by atoms with E-state index in [9.17, 15) is 4.79 Å². The van der Waals surface area contributed by atoms with Crippen LogP contribution in [0.15, 0.2) is 16.7 Å². The largest absolute Gasteiger partial charge is 0.467 e. The predicted molar refractivity (Wildman–Crippen MR) is 78.9 cm³/mol. The van der Waals surface area contributed by atoms with Crippen molar-refractivity contribution >= 4 is 18.3 Å².